The Balaban J connectivity index is 1.67. The van der Waals surface area contributed by atoms with Crippen LogP contribution in [0.1, 0.15) is 24.0 Å². The van der Waals surface area contributed by atoms with E-state index in [0.717, 1.165) is 47.1 Å². The van der Waals surface area contributed by atoms with Crippen molar-refractivity contribution < 1.29 is 4.74 Å². The van der Waals surface area contributed by atoms with Gasteiger partial charge in [-0.25, -0.2) is 0 Å². The first-order valence-corrected chi connectivity index (χ1v) is 10.5. The average molecular weight is 387 g/mol. The van der Waals surface area contributed by atoms with E-state index in [1.165, 1.54) is 17.1 Å². The van der Waals surface area contributed by atoms with E-state index in [4.69, 9.17) is 21.3 Å². The number of rotatable bonds is 3. The van der Waals surface area contributed by atoms with Gasteiger partial charge >= 0.3 is 0 Å². The van der Waals surface area contributed by atoms with Gasteiger partial charge in [0.15, 0.2) is 0 Å². The lowest BCUT2D eigenvalue weighted by Crippen LogP contribution is -2.44. The van der Waals surface area contributed by atoms with Crippen LogP contribution >= 0.6 is 23.4 Å². The quantitative estimate of drug-likeness (QED) is 0.763. The van der Waals surface area contributed by atoms with Crippen LogP contribution in [-0.4, -0.2) is 24.5 Å². The molecule has 0 aromatic heterocycles. The number of aliphatic imine (C=N–C) groups is 1. The lowest BCUT2D eigenvalue weighted by atomic mass is 9.72. The number of hydrogen-bond donors (Lipinski definition) is 1. The maximum atomic E-state index is 6.13. The molecule has 2 aromatic rings. The van der Waals surface area contributed by atoms with Gasteiger partial charge in [-0.05, 0) is 72.2 Å². The number of nitrogens with zero attached hydrogens (tertiary/aromatic N) is 1. The van der Waals surface area contributed by atoms with Gasteiger partial charge in [0.2, 0.25) is 0 Å². The van der Waals surface area contributed by atoms with Crippen LogP contribution < -0.4 is 10.1 Å². The molecule has 0 bridgehead atoms. The molecule has 3 nitrogen and oxygen atoms in total. The summed E-state index contributed by atoms with van der Waals surface area (Å²) in [7, 11) is 1.73. The van der Waals surface area contributed by atoms with Crippen molar-refractivity contribution in [3.63, 3.8) is 0 Å². The highest BCUT2D eigenvalue weighted by molar-refractivity contribution is 7.99. The number of ether oxygens (including phenoxy) is 1. The van der Waals surface area contributed by atoms with E-state index in [-0.39, 0.29) is 5.41 Å². The van der Waals surface area contributed by atoms with Crippen LogP contribution in [-0.2, 0) is 13.0 Å². The van der Waals surface area contributed by atoms with Crippen molar-refractivity contribution in [3.8, 4) is 5.75 Å². The van der Waals surface area contributed by atoms with Gasteiger partial charge < -0.3 is 10.1 Å². The molecule has 1 saturated heterocycles. The molecule has 2 aliphatic rings. The zero-order valence-corrected chi connectivity index (χ0v) is 16.5. The zero-order valence-electron chi connectivity index (χ0n) is 14.9. The van der Waals surface area contributed by atoms with Crippen LogP contribution in [0.3, 0.4) is 0 Å². The molecule has 0 atom stereocenters. The van der Waals surface area contributed by atoms with Gasteiger partial charge in [0, 0.05) is 16.1 Å². The third kappa shape index (κ3) is 3.58. The van der Waals surface area contributed by atoms with Gasteiger partial charge in [-0.15, -0.1) is 0 Å². The molecule has 26 heavy (non-hydrogen) atoms. The van der Waals surface area contributed by atoms with E-state index in [1.807, 2.05) is 36.0 Å². The van der Waals surface area contributed by atoms with Crippen molar-refractivity contribution in [2.24, 2.45) is 10.4 Å². The monoisotopic (exact) mass is 386 g/mol. The second-order valence-electron chi connectivity index (χ2n) is 7.01. The highest BCUT2D eigenvalue weighted by atomic mass is 35.5. The van der Waals surface area contributed by atoms with Gasteiger partial charge in [-0.1, -0.05) is 23.7 Å². The zero-order chi connectivity index (χ0) is 18.0. The Morgan fingerprint density at radius 1 is 1.19 bits per heavy atom. The summed E-state index contributed by atoms with van der Waals surface area (Å²) in [5.41, 5.74) is 3.74. The molecule has 0 unspecified atom stereocenters. The Hall–Kier alpha value is -1.65. The highest BCUT2D eigenvalue weighted by Crippen LogP contribution is 2.44. The largest absolute Gasteiger partial charge is 0.497 e. The number of benzene rings is 2. The Morgan fingerprint density at radius 2 is 2.04 bits per heavy atom. The first-order chi connectivity index (χ1) is 12.7. The molecular formula is C21H23ClN2OS. The van der Waals surface area contributed by atoms with Crippen molar-refractivity contribution in [1.82, 2.24) is 0 Å². The Kier molecular flexibility index (Phi) is 5.14. The summed E-state index contributed by atoms with van der Waals surface area (Å²) in [6.07, 6.45) is 3.35. The minimum Gasteiger partial charge on any atom is -0.497 e. The standard InChI is InChI=1S/C21H23ClN2OS/c1-25-18-5-6-19-16(12-18)13-21(7-9-26-10-8-21)20(24-19)23-14-15-3-2-4-17(22)11-15/h2-6,11-12H,7-10,13-14H2,1H3,(H,23,24). The summed E-state index contributed by atoms with van der Waals surface area (Å²) in [5, 5.41) is 4.41. The smallest absolute Gasteiger partial charge is 0.119 e. The van der Waals surface area contributed by atoms with E-state index < -0.39 is 0 Å². The Labute approximate surface area is 164 Å². The fourth-order valence-corrected chi connectivity index (χ4v) is 5.35. The van der Waals surface area contributed by atoms with Crippen LogP contribution in [0, 0.1) is 5.41 Å². The molecule has 2 aliphatic heterocycles. The topological polar surface area (TPSA) is 33.6 Å². The van der Waals surface area contributed by atoms with Crippen molar-refractivity contribution in [3.05, 3.63) is 58.6 Å². The second-order valence-corrected chi connectivity index (χ2v) is 8.67. The van der Waals surface area contributed by atoms with Gasteiger partial charge in [0.25, 0.3) is 0 Å². The molecule has 136 valence electrons. The third-order valence-corrected chi connectivity index (χ3v) is 6.58. The molecule has 0 radical (unpaired) electrons. The molecule has 0 aliphatic carbocycles. The summed E-state index contributed by atoms with van der Waals surface area (Å²) in [6.45, 7) is 0.656. The maximum Gasteiger partial charge on any atom is 0.119 e. The normalized spacial score (nSPS) is 19.8. The SMILES string of the molecule is COc1ccc2c(c1)CC1(CCSCC1)C(=NCc1cccc(Cl)c1)N2. The van der Waals surface area contributed by atoms with Crippen molar-refractivity contribution in [2.45, 2.75) is 25.8 Å². The molecule has 5 heteroatoms. The van der Waals surface area contributed by atoms with Crippen molar-refractivity contribution in [2.75, 3.05) is 23.9 Å². The number of nitrogens with one attached hydrogen (secondary N) is 1. The van der Waals surface area contributed by atoms with Crippen LogP contribution in [0.4, 0.5) is 5.69 Å². The van der Waals surface area contributed by atoms with Crippen LogP contribution in [0.15, 0.2) is 47.5 Å². The summed E-state index contributed by atoms with van der Waals surface area (Å²) < 4.78 is 5.42. The number of amidine groups is 1. The summed E-state index contributed by atoms with van der Waals surface area (Å²) in [5.74, 6) is 4.44. The van der Waals surface area contributed by atoms with Crippen LogP contribution in [0.25, 0.3) is 0 Å². The van der Waals surface area contributed by atoms with E-state index in [2.05, 4.69) is 23.5 Å². The Morgan fingerprint density at radius 3 is 2.81 bits per heavy atom. The maximum absolute atomic E-state index is 6.13. The molecule has 0 amide bonds. The minimum atomic E-state index is 0.114. The summed E-state index contributed by atoms with van der Waals surface area (Å²) in [6, 6.07) is 14.3. The number of methoxy groups -OCH3 is 1. The molecule has 1 spiro atoms. The number of hydrogen-bond acceptors (Lipinski definition) is 3. The predicted octanol–water partition coefficient (Wildman–Crippen LogP) is 5.43. The predicted molar refractivity (Wildman–Crippen MR) is 112 cm³/mol. The molecule has 2 heterocycles. The molecule has 4 rings (SSSR count). The fraction of sp³-hybridized carbons (Fsp3) is 0.381. The molecule has 0 saturated carbocycles. The average Bonchev–Trinajstić information content (AvgIpc) is 2.66. The van der Waals surface area contributed by atoms with Crippen LogP contribution in [0.2, 0.25) is 5.02 Å². The second kappa shape index (κ2) is 7.53. The number of anilines is 1. The van der Waals surface area contributed by atoms with Gasteiger partial charge in [0.1, 0.15) is 11.6 Å². The first-order valence-electron chi connectivity index (χ1n) is 9.00. The minimum absolute atomic E-state index is 0.114. The van der Waals surface area contributed by atoms with Gasteiger partial charge in [-0.3, -0.25) is 4.99 Å². The highest BCUT2D eigenvalue weighted by Gasteiger charge is 2.41. The van der Waals surface area contributed by atoms with E-state index >= 15 is 0 Å². The number of thioether (sulfide) groups is 1. The number of fused-ring (bicyclic) bond motifs is 1. The number of halogens is 1. The molecule has 1 N–H and O–H groups in total. The lowest BCUT2D eigenvalue weighted by molar-refractivity contribution is 0.374. The van der Waals surface area contributed by atoms with Gasteiger partial charge in [-0.2, -0.15) is 11.8 Å². The first kappa shape index (κ1) is 17.7. The van der Waals surface area contributed by atoms with E-state index in [1.54, 1.807) is 7.11 Å². The van der Waals surface area contributed by atoms with Gasteiger partial charge in [0.05, 0.1) is 13.7 Å². The third-order valence-electron chi connectivity index (χ3n) is 5.36. The fourth-order valence-electron chi connectivity index (χ4n) is 3.86. The summed E-state index contributed by atoms with van der Waals surface area (Å²) >= 11 is 8.17. The molecular weight excluding hydrogens is 364 g/mol. The van der Waals surface area contributed by atoms with Crippen molar-refractivity contribution in [1.29, 1.82) is 0 Å². The Bertz CT molecular complexity index is 831. The molecule has 1 fully saturated rings. The lowest BCUT2D eigenvalue weighted by Gasteiger charge is -2.42. The van der Waals surface area contributed by atoms with Crippen LogP contribution in [0.5, 0.6) is 5.75 Å². The van der Waals surface area contributed by atoms with Crippen molar-refractivity contribution >= 4 is 34.9 Å². The van der Waals surface area contributed by atoms with E-state index in [9.17, 15) is 0 Å². The molecule has 2 aromatic carbocycles. The summed E-state index contributed by atoms with van der Waals surface area (Å²) in [4.78, 5) is 5.02. The van der Waals surface area contributed by atoms with E-state index in [0.29, 0.717) is 6.54 Å².